The van der Waals surface area contributed by atoms with Crippen molar-refractivity contribution < 1.29 is 40.6 Å². The van der Waals surface area contributed by atoms with Crippen molar-refractivity contribution in [2.75, 3.05) is 51.7 Å². The van der Waals surface area contributed by atoms with E-state index in [4.69, 9.17) is 18.9 Å². The number of fused-ring (bicyclic) bond motifs is 1. The minimum absolute atomic E-state index is 0.0338. The summed E-state index contributed by atoms with van der Waals surface area (Å²) in [5, 5.41) is 0. The number of amides is 1. The van der Waals surface area contributed by atoms with Gasteiger partial charge in [0.2, 0.25) is 19.9 Å². The number of methoxy groups -OCH3 is 2. The molecule has 4 atom stereocenters. The van der Waals surface area contributed by atoms with Crippen LogP contribution >= 0.6 is 0 Å². The quantitative estimate of drug-likeness (QED) is 0.151. The molecule has 0 spiro atoms. The van der Waals surface area contributed by atoms with E-state index in [0.29, 0.717) is 43.2 Å². The molecule has 0 aliphatic carbocycles. The number of piperidine rings is 1. The first-order chi connectivity index (χ1) is 25.3. The molecule has 2 aliphatic heterocycles. The third kappa shape index (κ3) is 7.85. The van der Waals surface area contributed by atoms with E-state index in [9.17, 15) is 13.2 Å². The molecule has 0 saturated carbocycles. The number of sulfone groups is 1. The van der Waals surface area contributed by atoms with Gasteiger partial charge >= 0.3 is 0 Å². The van der Waals surface area contributed by atoms with E-state index in [-0.39, 0.29) is 29.5 Å². The fraction of sp³-hybridized carbons (Fsp3) is 0.375. The van der Waals surface area contributed by atoms with Gasteiger partial charge in [-0.2, -0.15) is 4.31 Å². The Morgan fingerprint density at radius 1 is 0.887 bits per heavy atom. The Morgan fingerprint density at radius 3 is 2.23 bits per heavy atom. The van der Waals surface area contributed by atoms with Crippen LogP contribution in [0.4, 0.5) is 5.69 Å². The predicted molar refractivity (Wildman–Crippen MR) is 202 cm³/mol. The zero-order valence-electron chi connectivity index (χ0n) is 30.6. The monoisotopic (exact) mass is 762 g/mol. The maximum Gasteiger partial charge on any atom is 0.265 e. The highest BCUT2D eigenvalue weighted by atomic mass is 32.2. The van der Waals surface area contributed by atoms with Gasteiger partial charge in [-0.05, 0) is 74.2 Å². The standard InChI is InChI=1S/C40H46N2O9S2/c1-28-12-19-33(20-13-28)53(46,47)40(2,31-16-21-37-36(24-31)41(22-9-23-48-3)39(43)27-50-37)51-38-26-42(52(5,44)45)35(30-10-7-6-8-11-30)25-34(38)29-14-17-32(49-4)18-15-29/h6-8,10-21,24,34-35,38H,9,22-23,25-27H2,1-5H3/t34-,35+,38+,40?/m1/s1. The normalized spacial score (nSPS) is 20.7. The first-order valence-electron chi connectivity index (χ1n) is 17.5. The van der Waals surface area contributed by atoms with Crippen molar-refractivity contribution in [3.63, 3.8) is 0 Å². The smallest absolute Gasteiger partial charge is 0.265 e. The zero-order chi connectivity index (χ0) is 38.0. The molecule has 0 radical (unpaired) electrons. The molecular weight excluding hydrogens is 717 g/mol. The molecular formula is C40H46N2O9S2. The topological polar surface area (TPSA) is 129 Å². The van der Waals surface area contributed by atoms with Crippen molar-refractivity contribution in [3.05, 3.63) is 119 Å². The van der Waals surface area contributed by atoms with E-state index in [1.54, 1.807) is 61.6 Å². The Morgan fingerprint density at radius 2 is 1.58 bits per heavy atom. The van der Waals surface area contributed by atoms with Gasteiger partial charge in [0.05, 0.1) is 36.1 Å². The molecule has 53 heavy (non-hydrogen) atoms. The Kier molecular flexibility index (Phi) is 11.3. The number of aryl methyl sites for hydroxylation is 1. The van der Waals surface area contributed by atoms with Crippen LogP contribution in [-0.4, -0.2) is 79.9 Å². The minimum Gasteiger partial charge on any atom is -0.497 e. The summed E-state index contributed by atoms with van der Waals surface area (Å²) in [6.07, 6.45) is 1.09. The van der Waals surface area contributed by atoms with Gasteiger partial charge in [-0.1, -0.05) is 66.2 Å². The Balaban J connectivity index is 1.52. The van der Waals surface area contributed by atoms with Gasteiger partial charge in [-0.3, -0.25) is 4.79 Å². The van der Waals surface area contributed by atoms with E-state index in [1.165, 1.54) is 11.2 Å². The second-order valence-corrected chi connectivity index (χ2v) is 17.8. The van der Waals surface area contributed by atoms with E-state index in [2.05, 4.69) is 0 Å². The fourth-order valence-corrected chi connectivity index (χ4v) is 9.94. The Hall–Kier alpha value is -4.27. The third-order valence-electron chi connectivity index (χ3n) is 10.2. The Bertz CT molecular complexity index is 2130. The summed E-state index contributed by atoms with van der Waals surface area (Å²) in [7, 11) is -5.00. The van der Waals surface area contributed by atoms with Crippen molar-refractivity contribution in [2.24, 2.45) is 0 Å². The first-order valence-corrected chi connectivity index (χ1v) is 20.8. The summed E-state index contributed by atoms with van der Waals surface area (Å²) in [6.45, 7) is 3.87. The molecule has 1 unspecified atom stereocenters. The number of benzene rings is 4. The molecule has 282 valence electrons. The average Bonchev–Trinajstić information content (AvgIpc) is 3.15. The van der Waals surface area contributed by atoms with E-state index >= 15 is 8.42 Å². The van der Waals surface area contributed by atoms with Gasteiger partial charge in [0.25, 0.3) is 5.91 Å². The molecule has 1 fully saturated rings. The first kappa shape index (κ1) is 38.5. The molecule has 4 aromatic carbocycles. The second-order valence-electron chi connectivity index (χ2n) is 13.7. The van der Waals surface area contributed by atoms with Crippen molar-refractivity contribution in [1.29, 1.82) is 0 Å². The molecule has 2 aliphatic rings. The molecule has 6 rings (SSSR count). The maximum absolute atomic E-state index is 15.1. The molecule has 0 bridgehead atoms. The van der Waals surface area contributed by atoms with Crippen LogP contribution < -0.4 is 14.4 Å². The summed E-state index contributed by atoms with van der Waals surface area (Å²) in [6, 6.07) is 27.8. The minimum atomic E-state index is -4.36. The number of hydrogen-bond donors (Lipinski definition) is 0. The number of sulfonamides is 1. The lowest BCUT2D eigenvalue weighted by Crippen LogP contribution is -2.51. The van der Waals surface area contributed by atoms with Crippen LogP contribution in [-0.2, 0) is 39.1 Å². The number of ether oxygens (including phenoxy) is 4. The molecule has 1 amide bonds. The van der Waals surface area contributed by atoms with Gasteiger partial charge in [-0.15, -0.1) is 0 Å². The lowest BCUT2D eigenvalue weighted by molar-refractivity contribution is -0.121. The van der Waals surface area contributed by atoms with Crippen molar-refractivity contribution in [2.45, 2.75) is 54.6 Å². The highest BCUT2D eigenvalue weighted by Crippen LogP contribution is 2.48. The van der Waals surface area contributed by atoms with Crippen LogP contribution in [0.25, 0.3) is 0 Å². The highest BCUT2D eigenvalue weighted by Gasteiger charge is 2.50. The third-order valence-corrected chi connectivity index (χ3v) is 13.7. The van der Waals surface area contributed by atoms with Gasteiger partial charge in [0.1, 0.15) is 11.5 Å². The average molecular weight is 763 g/mol. The van der Waals surface area contributed by atoms with Crippen LogP contribution in [0.2, 0.25) is 0 Å². The van der Waals surface area contributed by atoms with Crippen molar-refractivity contribution in [1.82, 2.24) is 4.31 Å². The summed E-state index contributed by atoms with van der Waals surface area (Å²) in [5.41, 5.74) is 3.22. The molecule has 2 heterocycles. The van der Waals surface area contributed by atoms with Crippen LogP contribution in [0.5, 0.6) is 11.5 Å². The second kappa shape index (κ2) is 15.6. The van der Waals surface area contributed by atoms with Crippen molar-refractivity contribution in [3.8, 4) is 11.5 Å². The highest BCUT2D eigenvalue weighted by molar-refractivity contribution is 7.92. The van der Waals surface area contributed by atoms with E-state index < -0.39 is 42.9 Å². The molecule has 0 N–H and O–H groups in total. The van der Waals surface area contributed by atoms with Crippen LogP contribution in [0.3, 0.4) is 0 Å². The van der Waals surface area contributed by atoms with Crippen LogP contribution in [0.1, 0.15) is 54.0 Å². The van der Waals surface area contributed by atoms with Gasteiger partial charge in [-0.25, -0.2) is 16.8 Å². The predicted octanol–water partition coefficient (Wildman–Crippen LogP) is 5.99. The number of hydrogen-bond acceptors (Lipinski definition) is 9. The van der Waals surface area contributed by atoms with Gasteiger partial charge < -0.3 is 23.8 Å². The Labute approximate surface area is 312 Å². The van der Waals surface area contributed by atoms with Gasteiger partial charge in [0.15, 0.2) is 11.5 Å². The summed E-state index contributed by atoms with van der Waals surface area (Å²) in [5.74, 6) is 0.373. The lowest BCUT2D eigenvalue weighted by atomic mass is 9.82. The molecule has 13 heteroatoms. The van der Waals surface area contributed by atoms with Crippen molar-refractivity contribution >= 4 is 31.5 Å². The maximum atomic E-state index is 15.1. The molecule has 4 aromatic rings. The summed E-state index contributed by atoms with van der Waals surface area (Å²) >= 11 is 0. The lowest BCUT2D eigenvalue weighted by Gasteiger charge is -2.46. The number of anilines is 1. The van der Waals surface area contributed by atoms with Crippen LogP contribution in [0, 0.1) is 6.92 Å². The SMILES string of the molecule is COCCCN1C(=O)COc2ccc(C(C)(O[C@H]3CN(S(C)(=O)=O)[C@H](c4ccccc4)C[C@@H]3c3ccc(OC)cc3)S(=O)(=O)c3ccc(C)cc3)cc21. The fourth-order valence-electron chi connectivity index (χ4n) is 7.22. The largest absolute Gasteiger partial charge is 0.497 e. The van der Waals surface area contributed by atoms with Gasteiger partial charge in [0, 0.05) is 38.3 Å². The number of carbonyl (C=O) groups is 1. The van der Waals surface area contributed by atoms with E-state index in [0.717, 1.165) is 22.9 Å². The summed E-state index contributed by atoms with van der Waals surface area (Å²) in [4.78, 5) is 12.7. The zero-order valence-corrected chi connectivity index (χ0v) is 32.2. The molecule has 0 aromatic heterocycles. The number of carbonyl (C=O) groups excluding carboxylic acids is 1. The number of rotatable bonds is 13. The summed E-state index contributed by atoms with van der Waals surface area (Å²) < 4.78 is 82.0. The molecule has 1 saturated heterocycles. The molecule has 11 nitrogen and oxygen atoms in total. The number of nitrogens with zero attached hydrogens (tertiary/aromatic N) is 2. The van der Waals surface area contributed by atoms with Crippen LogP contribution in [0.15, 0.2) is 102 Å². The van der Waals surface area contributed by atoms with E-state index in [1.807, 2.05) is 61.5 Å².